The van der Waals surface area contributed by atoms with Crippen LogP contribution < -0.4 is 4.74 Å². The number of methoxy groups -OCH3 is 2. The molecule has 0 aliphatic rings. The van der Waals surface area contributed by atoms with Crippen molar-refractivity contribution in [1.82, 2.24) is 0 Å². The lowest BCUT2D eigenvalue weighted by atomic mass is 10.1. The fraction of sp³-hybridized carbons (Fsp3) is 0.538. The molecule has 0 saturated carbocycles. The minimum absolute atomic E-state index is 0.605. The lowest BCUT2D eigenvalue weighted by Gasteiger charge is -2.08. The van der Waals surface area contributed by atoms with Gasteiger partial charge in [-0.05, 0) is 29.7 Å². The highest BCUT2D eigenvalue weighted by atomic mass is 16.5. The average Bonchev–Trinajstić information content (AvgIpc) is 2.34. The molecule has 1 rings (SSSR count). The van der Waals surface area contributed by atoms with E-state index in [2.05, 4.69) is 19.1 Å². The predicted octanol–water partition coefficient (Wildman–Crippen LogP) is 2.42. The van der Waals surface area contributed by atoms with Gasteiger partial charge in [0.15, 0.2) is 0 Å². The molecule has 90 valence electrons. The number of rotatable bonds is 7. The third-order valence-corrected chi connectivity index (χ3v) is 2.37. The second-order valence-corrected chi connectivity index (χ2v) is 3.59. The molecule has 0 spiro atoms. The zero-order chi connectivity index (χ0) is 11.8. The molecule has 0 unspecified atom stereocenters. The normalized spacial score (nSPS) is 10.4. The van der Waals surface area contributed by atoms with Crippen molar-refractivity contribution in [1.29, 1.82) is 0 Å². The van der Waals surface area contributed by atoms with Crippen LogP contribution in [-0.4, -0.2) is 27.4 Å². The summed E-state index contributed by atoms with van der Waals surface area (Å²) in [7, 11) is 3.36. The average molecular weight is 224 g/mol. The summed E-state index contributed by atoms with van der Waals surface area (Å²) >= 11 is 0. The Morgan fingerprint density at radius 2 is 1.75 bits per heavy atom. The van der Waals surface area contributed by atoms with Gasteiger partial charge in [0, 0.05) is 7.11 Å². The van der Waals surface area contributed by atoms with E-state index >= 15 is 0 Å². The van der Waals surface area contributed by atoms with Gasteiger partial charge in [-0.25, -0.2) is 0 Å². The first-order valence-corrected chi connectivity index (χ1v) is 5.53. The molecule has 0 fully saturated rings. The number of hydrogen-bond donors (Lipinski definition) is 0. The maximum atomic E-state index is 5.48. The van der Waals surface area contributed by atoms with Crippen LogP contribution in [0.4, 0.5) is 0 Å². The maximum Gasteiger partial charge on any atom is 0.119 e. The van der Waals surface area contributed by atoms with Gasteiger partial charge >= 0.3 is 0 Å². The van der Waals surface area contributed by atoms with Crippen LogP contribution in [0.5, 0.6) is 5.75 Å². The summed E-state index contributed by atoms with van der Waals surface area (Å²) in [5, 5.41) is 0. The van der Waals surface area contributed by atoms with Crippen molar-refractivity contribution in [3.8, 4) is 5.75 Å². The van der Waals surface area contributed by atoms with Crippen molar-refractivity contribution < 1.29 is 14.2 Å². The van der Waals surface area contributed by atoms with Gasteiger partial charge < -0.3 is 14.2 Å². The van der Waals surface area contributed by atoms with Crippen molar-refractivity contribution in [2.24, 2.45) is 0 Å². The maximum absolute atomic E-state index is 5.48. The van der Waals surface area contributed by atoms with E-state index in [1.54, 1.807) is 14.2 Å². The molecule has 0 saturated heterocycles. The Bertz CT molecular complexity index is 288. The van der Waals surface area contributed by atoms with E-state index < -0.39 is 0 Å². The fourth-order valence-electron chi connectivity index (χ4n) is 1.47. The Morgan fingerprint density at radius 3 is 2.38 bits per heavy atom. The summed E-state index contributed by atoms with van der Waals surface area (Å²) in [5.74, 6) is 0.893. The molecular weight excluding hydrogens is 204 g/mol. The molecule has 3 nitrogen and oxygen atoms in total. The van der Waals surface area contributed by atoms with Crippen molar-refractivity contribution >= 4 is 0 Å². The Kier molecular flexibility index (Phi) is 5.90. The molecule has 0 radical (unpaired) electrons. The number of ether oxygens (including phenoxy) is 3. The molecule has 0 aliphatic heterocycles. The van der Waals surface area contributed by atoms with Crippen LogP contribution in [0.15, 0.2) is 18.2 Å². The third kappa shape index (κ3) is 4.21. The van der Waals surface area contributed by atoms with Gasteiger partial charge in [0.05, 0.1) is 26.9 Å². The number of benzene rings is 1. The van der Waals surface area contributed by atoms with E-state index in [9.17, 15) is 0 Å². The van der Waals surface area contributed by atoms with E-state index in [1.807, 2.05) is 6.07 Å². The van der Waals surface area contributed by atoms with E-state index in [0.29, 0.717) is 19.8 Å². The quantitative estimate of drug-likeness (QED) is 0.666. The first kappa shape index (κ1) is 13.0. The van der Waals surface area contributed by atoms with Crippen LogP contribution in [0, 0.1) is 0 Å². The van der Waals surface area contributed by atoms with Crippen molar-refractivity contribution in [2.45, 2.75) is 20.0 Å². The standard InChI is InChI=1S/C13H20O3/c1-4-11-7-12(9-13(8-11)15-3)10-16-6-5-14-2/h7-9H,4-6,10H2,1-3H3. The first-order valence-electron chi connectivity index (χ1n) is 5.53. The molecule has 0 aliphatic carbocycles. The molecule has 0 aromatic heterocycles. The topological polar surface area (TPSA) is 27.7 Å². The Balaban J connectivity index is 2.57. The lowest BCUT2D eigenvalue weighted by Crippen LogP contribution is -2.02. The molecule has 16 heavy (non-hydrogen) atoms. The second kappa shape index (κ2) is 7.25. The van der Waals surface area contributed by atoms with Gasteiger partial charge in [-0.15, -0.1) is 0 Å². The molecule has 1 aromatic carbocycles. The summed E-state index contributed by atoms with van der Waals surface area (Å²) in [5.41, 5.74) is 2.41. The van der Waals surface area contributed by atoms with Crippen LogP contribution in [0.25, 0.3) is 0 Å². The van der Waals surface area contributed by atoms with Gasteiger partial charge in [0.1, 0.15) is 5.75 Å². The summed E-state index contributed by atoms with van der Waals surface area (Å²) in [6, 6.07) is 6.21. The highest BCUT2D eigenvalue weighted by Crippen LogP contribution is 2.18. The highest BCUT2D eigenvalue weighted by Gasteiger charge is 2.00. The zero-order valence-corrected chi connectivity index (χ0v) is 10.3. The zero-order valence-electron chi connectivity index (χ0n) is 10.3. The van der Waals surface area contributed by atoms with Crippen LogP contribution in [0.2, 0.25) is 0 Å². The van der Waals surface area contributed by atoms with Crippen LogP contribution in [0.1, 0.15) is 18.1 Å². The van der Waals surface area contributed by atoms with E-state index in [4.69, 9.17) is 14.2 Å². The van der Waals surface area contributed by atoms with Crippen molar-refractivity contribution in [3.05, 3.63) is 29.3 Å². The van der Waals surface area contributed by atoms with Gasteiger partial charge in [-0.2, -0.15) is 0 Å². The SMILES string of the molecule is CCc1cc(COCCOC)cc(OC)c1. The predicted molar refractivity (Wildman–Crippen MR) is 63.9 cm³/mol. The van der Waals surface area contributed by atoms with E-state index in [0.717, 1.165) is 17.7 Å². The van der Waals surface area contributed by atoms with Crippen LogP contribution in [0.3, 0.4) is 0 Å². The smallest absolute Gasteiger partial charge is 0.119 e. The monoisotopic (exact) mass is 224 g/mol. The molecule has 0 heterocycles. The molecule has 0 N–H and O–H groups in total. The van der Waals surface area contributed by atoms with Crippen molar-refractivity contribution in [2.75, 3.05) is 27.4 Å². The Hall–Kier alpha value is -1.06. The lowest BCUT2D eigenvalue weighted by molar-refractivity contribution is 0.0616. The summed E-state index contributed by atoms with van der Waals surface area (Å²) in [6.07, 6.45) is 1.00. The van der Waals surface area contributed by atoms with Crippen LogP contribution in [-0.2, 0) is 22.5 Å². The minimum atomic E-state index is 0.605. The largest absolute Gasteiger partial charge is 0.497 e. The number of hydrogen-bond acceptors (Lipinski definition) is 3. The van der Waals surface area contributed by atoms with Crippen molar-refractivity contribution in [3.63, 3.8) is 0 Å². The van der Waals surface area contributed by atoms with Gasteiger partial charge in [0.2, 0.25) is 0 Å². The molecular formula is C13H20O3. The van der Waals surface area contributed by atoms with Gasteiger partial charge in [0.25, 0.3) is 0 Å². The van der Waals surface area contributed by atoms with E-state index in [-0.39, 0.29) is 0 Å². The van der Waals surface area contributed by atoms with Crippen LogP contribution >= 0.6 is 0 Å². The minimum Gasteiger partial charge on any atom is -0.497 e. The summed E-state index contributed by atoms with van der Waals surface area (Å²) in [6.45, 7) is 3.98. The molecule has 0 atom stereocenters. The van der Waals surface area contributed by atoms with Gasteiger partial charge in [-0.3, -0.25) is 0 Å². The highest BCUT2D eigenvalue weighted by molar-refractivity contribution is 5.34. The van der Waals surface area contributed by atoms with Gasteiger partial charge in [-0.1, -0.05) is 13.0 Å². The Morgan fingerprint density at radius 1 is 1.00 bits per heavy atom. The molecule has 1 aromatic rings. The number of aryl methyl sites for hydroxylation is 1. The molecule has 3 heteroatoms. The van der Waals surface area contributed by atoms with E-state index in [1.165, 1.54) is 5.56 Å². The fourth-order valence-corrected chi connectivity index (χ4v) is 1.47. The third-order valence-electron chi connectivity index (χ3n) is 2.37. The summed E-state index contributed by atoms with van der Waals surface area (Å²) < 4.78 is 15.6. The second-order valence-electron chi connectivity index (χ2n) is 3.59. The molecule has 0 bridgehead atoms. The first-order chi connectivity index (χ1) is 7.80. The summed E-state index contributed by atoms with van der Waals surface area (Å²) in [4.78, 5) is 0. The Labute approximate surface area is 97.3 Å². The molecule has 0 amide bonds.